The molecule has 0 atom stereocenters. The zero-order chi connectivity index (χ0) is 16.5. The molecule has 1 aliphatic heterocycles. The Kier molecular flexibility index (Phi) is 3.87. The van der Waals surface area contributed by atoms with E-state index >= 15 is 0 Å². The first kappa shape index (κ1) is 15.0. The molecule has 0 unspecified atom stereocenters. The number of fused-ring (bicyclic) bond motifs is 2. The van der Waals surface area contributed by atoms with E-state index in [0.29, 0.717) is 42.4 Å². The van der Waals surface area contributed by atoms with Gasteiger partial charge < -0.3 is 14.6 Å². The van der Waals surface area contributed by atoms with Crippen molar-refractivity contribution >= 4 is 28.4 Å². The molecule has 0 bridgehead atoms. The molecule has 0 spiro atoms. The highest BCUT2D eigenvalue weighted by molar-refractivity contribution is 6.31. The first-order valence-electron chi connectivity index (χ1n) is 7.53. The molecule has 0 fully saturated rings. The normalized spacial score (nSPS) is 13.7. The maximum absolute atomic E-state index is 12.6. The second kappa shape index (κ2) is 6.18. The lowest BCUT2D eigenvalue weighted by atomic mass is 10.1. The molecule has 4 rings (SSSR count). The smallest absolute Gasteiger partial charge is 0.252 e. The quantitative estimate of drug-likeness (QED) is 0.786. The van der Waals surface area contributed by atoms with Crippen molar-refractivity contribution in [1.82, 2.24) is 25.1 Å². The standard InChI is InChI=1S/C16H14ClN5O2/c17-10-1-2-11-12(3-4-18-13(11)7-10)16(23)19-8-14-20-21-15-9-24-6-5-22(14)15/h1-4,7H,5-6,8-9H2,(H,19,23). The summed E-state index contributed by atoms with van der Waals surface area (Å²) in [4.78, 5) is 16.8. The summed E-state index contributed by atoms with van der Waals surface area (Å²) in [6, 6.07) is 6.98. The number of aromatic nitrogens is 4. The van der Waals surface area contributed by atoms with Crippen LogP contribution in [0, 0.1) is 0 Å². The largest absolute Gasteiger partial charge is 0.372 e. The molecule has 0 aliphatic carbocycles. The zero-order valence-corrected chi connectivity index (χ0v) is 13.5. The number of carbonyl (C=O) groups is 1. The molecular formula is C16H14ClN5O2. The lowest BCUT2D eigenvalue weighted by Gasteiger charge is -2.15. The van der Waals surface area contributed by atoms with Crippen LogP contribution in [-0.2, 0) is 24.4 Å². The topological polar surface area (TPSA) is 81.9 Å². The Morgan fingerprint density at radius 1 is 1.33 bits per heavy atom. The molecule has 2 aromatic heterocycles. The number of amides is 1. The number of rotatable bonds is 3. The van der Waals surface area contributed by atoms with Gasteiger partial charge in [-0.3, -0.25) is 9.78 Å². The van der Waals surface area contributed by atoms with E-state index in [1.807, 2.05) is 4.57 Å². The summed E-state index contributed by atoms with van der Waals surface area (Å²) >= 11 is 5.98. The van der Waals surface area contributed by atoms with Gasteiger partial charge in [0.25, 0.3) is 5.91 Å². The molecule has 3 heterocycles. The van der Waals surface area contributed by atoms with Gasteiger partial charge in [-0.15, -0.1) is 10.2 Å². The predicted octanol–water partition coefficient (Wildman–Crippen LogP) is 1.94. The first-order valence-corrected chi connectivity index (χ1v) is 7.91. The van der Waals surface area contributed by atoms with E-state index in [2.05, 4.69) is 20.5 Å². The summed E-state index contributed by atoms with van der Waals surface area (Å²) in [5, 5.41) is 12.4. The van der Waals surface area contributed by atoms with E-state index in [4.69, 9.17) is 16.3 Å². The molecule has 0 radical (unpaired) electrons. The average Bonchev–Trinajstić information content (AvgIpc) is 3.02. The predicted molar refractivity (Wildman–Crippen MR) is 87.6 cm³/mol. The van der Waals surface area contributed by atoms with Crippen molar-refractivity contribution < 1.29 is 9.53 Å². The maximum atomic E-state index is 12.6. The van der Waals surface area contributed by atoms with E-state index in [1.54, 1.807) is 30.5 Å². The van der Waals surface area contributed by atoms with Gasteiger partial charge in [-0.1, -0.05) is 17.7 Å². The van der Waals surface area contributed by atoms with Crippen LogP contribution in [0.3, 0.4) is 0 Å². The van der Waals surface area contributed by atoms with Crippen molar-refractivity contribution in [2.24, 2.45) is 0 Å². The summed E-state index contributed by atoms with van der Waals surface area (Å²) < 4.78 is 7.31. The van der Waals surface area contributed by atoms with Crippen molar-refractivity contribution in [2.75, 3.05) is 6.61 Å². The highest BCUT2D eigenvalue weighted by Gasteiger charge is 2.17. The van der Waals surface area contributed by atoms with Crippen LogP contribution in [0.1, 0.15) is 22.0 Å². The minimum atomic E-state index is -0.186. The van der Waals surface area contributed by atoms with Gasteiger partial charge in [0, 0.05) is 23.2 Å². The SMILES string of the molecule is O=C(NCc1nnc2n1CCOC2)c1ccnc2cc(Cl)ccc12. The monoisotopic (exact) mass is 343 g/mol. The number of nitrogens with one attached hydrogen (secondary N) is 1. The molecule has 7 nitrogen and oxygen atoms in total. The Morgan fingerprint density at radius 2 is 2.25 bits per heavy atom. The number of hydrogen-bond acceptors (Lipinski definition) is 5. The molecule has 3 aromatic rings. The van der Waals surface area contributed by atoms with Gasteiger partial charge in [0.2, 0.25) is 0 Å². The van der Waals surface area contributed by atoms with Gasteiger partial charge >= 0.3 is 0 Å². The van der Waals surface area contributed by atoms with Crippen LogP contribution in [0.2, 0.25) is 5.02 Å². The van der Waals surface area contributed by atoms with Crippen LogP contribution in [0.4, 0.5) is 0 Å². The van der Waals surface area contributed by atoms with E-state index in [-0.39, 0.29) is 5.91 Å². The Labute approximate surface area is 142 Å². The van der Waals surface area contributed by atoms with Gasteiger partial charge in [-0.2, -0.15) is 0 Å². The molecular weight excluding hydrogens is 330 g/mol. The first-order chi connectivity index (χ1) is 11.7. The summed E-state index contributed by atoms with van der Waals surface area (Å²) in [7, 11) is 0. The number of nitrogens with zero attached hydrogens (tertiary/aromatic N) is 4. The summed E-state index contributed by atoms with van der Waals surface area (Å²) in [6.45, 7) is 2.09. The highest BCUT2D eigenvalue weighted by Crippen LogP contribution is 2.20. The lowest BCUT2D eigenvalue weighted by molar-refractivity contribution is 0.0802. The summed E-state index contributed by atoms with van der Waals surface area (Å²) in [5.74, 6) is 1.33. The van der Waals surface area contributed by atoms with Crippen molar-refractivity contribution in [3.05, 3.63) is 52.7 Å². The molecule has 8 heteroatoms. The van der Waals surface area contributed by atoms with Crippen molar-refractivity contribution in [3.8, 4) is 0 Å². The molecule has 24 heavy (non-hydrogen) atoms. The third-order valence-electron chi connectivity index (χ3n) is 3.95. The van der Waals surface area contributed by atoms with Crippen molar-refractivity contribution in [3.63, 3.8) is 0 Å². The van der Waals surface area contributed by atoms with Crippen molar-refractivity contribution in [1.29, 1.82) is 0 Å². The Bertz CT molecular complexity index is 924. The van der Waals surface area contributed by atoms with Crippen LogP contribution in [0.15, 0.2) is 30.5 Å². The average molecular weight is 344 g/mol. The van der Waals surface area contributed by atoms with E-state index in [0.717, 1.165) is 17.0 Å². The molecule has 1 N–H and O–H groups in total. The van der Waals surface area contributed by atoms with Gasteiger partial charge in [-0.25, -0.2) is 0 Å². The number of hydrogen-bond donors (Lipinski definition) is 1. The third-order valence-corrected chi connectivity index (χ3v) is 4.19. The fourth-order valence-corrected chi connectivity index (χ4v) is 2.93. The van der Waals surface area contributed by atoms with Gasteiger partial charge in [0.1, 0.15) is 6.61 Å². The second-order valence-electron chi connectivity index (χ2n) is 5.44. The van der Waals surface area contributed by atoms with Crippen LogP contribution in [0.25, 0.3) is 10.9 Å². The molecule has 1 amide bonds. The third kappa shape index (κ3) is 2.72. The van der Waals surface area contributed by atoms with Gasteiger partial charge in [0.05, 0.1) is 24.2 Å². The van der Waals surface area contributed by atoms with Crippen molar-refractivity contribution in [2.45, 2.75) is 19.7 Å². The van der Waals surface area contributed by atoms with E-state index in [1.165, 1.54) is 0 Å². The van der Waals surface area contributed by atoms with Gasteiger partial charge in [0.15, 0.2) is 11.6 Å². The minimum Gasteiger partial charge on any atom is -0.372 e. The number of ether oxygens (including phenoxy) is 1. The summed E-state index contributed by atoms with van der Waals surface area (Å²) in [5.41, 5.74) is 1.24. The fourth-order valence-electron chi connectivity index (χ4n) is 2.76. The number of carbonyl (C=O) groups excluding carboxylic acids is 1. The molecule has 122 valence electrons. The number of benzene rings is 1. The maximum Gasteiger partial charge on any atom is 0.252 e. The van der Waals surface area contributed by atoms with Crippen LogP contribution in [-0.4, -0.2) is 32.3 Å². The number of halogens is 1. The Balaban J connectivity index is 1.56. The molecule has 1 aliphatic rings. The van der Waals surface area contributed by atoms with E-state index < -0.39 is 0 Å². The second-order valence-corrected chi connectivity index (χ2v) is 5.88. The van der Waals surface area contributed by atoms with Crippen LogP contribution in [0.5, 0.6) is 0 Å². The molecule has 1 aromatic carbocycles. The lowest BCUT2D eigenvalue weighted by Crippen LogP contribution is -2.26. The van der Waals surface area contributed by atoms with Gasteiger partial charge in [-0.05, 0) is 18.2 Å². The van der Waals surface area contributed by atoms with Crippen LogP contribution >= 0.6 is 11.6 Å². The van der Waals surface area contributed by atoms with Crippen LogP contribution < -0.4 is 5.32 Å². The summed E-state index contributed by atoms with van der Waals surface area (Å²) in [6.07, 6.45) is 1.60. The highest BCUT2D eigenvalue weighted by atomic mass is 35.5. The zero-order valence-electron chi connectivity index (χ0n) is 12.7. The number of pyridine rings is 1. The molecule has 0 saturated carbocycles. The van der Waals surface area contributed by atoms with E-state index in [9.17, 15) is 4.79 Å². The Hall–Kier alpha value is -2.51. The molecule has 0 saturated heterocycles. The fraction of sp³-hybridized carbons (Fsp3) is 0.250. The Morgan fingerprint density at radius 3 is 3.17 bits per heavy atom. The minimum absolute atomic E-state index is 0.186.